The molecule has 1 amide bonds. The van der Waals surface area contributed by atoms with Crippen molar-refractivity contribution < 1.29 is 9.53 Å². The number of carbonyl (C=O) groups is 1. The maximum Gasteiger partial charge on any atom is 0.225 e. The molecule has 2 N–H and O–H groups in total. The molecule has 0 aliphatic carbocycles. The maximum atomic E-state index is 12.1. The van der Waals surface area contributed by atoms with Crippen molar-refractivity contribution in [2.45, 2.75) is 26.7 Å². The third-order valence-electron chi connectivity index (χ3n) is 3.42. The van der Waals surface area contributed by atoms with Crippen LogP contribution in [0.3, 0.4) is 0 Å². The summed E-state index contributed by atoms with van der Waals surface area (Å²) < 4.78 is 5.70. The molecule has 20 heavy (non-hydrogen) atoms. The monoisotopic (exact) mass is 278 g/mol. The van der Waals surface area contributed by atoms with Crippen molar-refractivity contribution in [3.8, 4) is 5.75 Å². The molecule has 1 unspecified atom stereocenters. The molecule has 0 aliphatic heterocycles. The third-order valence-corrected chi connectivity index (χ3v) is 3.42. The van der Waals surface area contributed by atoms with Crippen molar-refractivity contribution in [1.29, 1.82) is 0 Å². The zero-order valence-corrected chi connectivity index (χ0v) is 12.8. The molecule has 0 aromatic heterocycles. The van der Waals surface area contributed by atoms with Gasteiger partial charge in [0.2, 0.25) is 5.91 Å². The number of aryl methyl sites for hydroxylation is 1. The van der Waals surface area contributed by atoms with Gasteiger partial charge in [-0.05, 0) is 37.9 Å². The first-order chi connectivity index (χ1) is 9.56. The van der Waals surface area contributed by atoms with E-state index in [-0.39, 0.29) is 11.8 Å². The Bertz CT molecular complexity index is 421. The Morgan fingerprint density at radius 3 is 2.75 bits per heavy atom. The van der Waals surface area contributed by atoms with Crippen LogP contribution in [0.5, 0.6) is 5.75 Å². The number of likely N-dealkylation sites (N-methyl/N-ethyl adjacent to an activating group) is 1. The van der Waals surface area contributed by atoms with Crippen LogP contribution in [0.25, 0.3) is 0 Å². The normalized spacial score (nSPS) is 12.0. The highest BCUT2D eigenvalue weighted by atomic mass is 16.5. The summed E-state index contributed by atoms with van der Waals surface area (Å²) in [4.78, 5) is 13.8. The fraction of sp³-hybridized carbons (Fsp3) is 0.562. The molecule has 0 heterocycles. The number of hydrogen-bond donors (Lipinski definition) is 1. The molecule has 0 fully saturated rings. The lowest BCUT2D eigenvalue weighted by molar-refractivity contribution is -0.134. The van der Waals surface area contributed by atoms with Crippen LogP contribution in [0, 0.1) is 12.8 Å². The first-order valence-corrected chi connectivity index (χ1v) is 7.19. The lowest BCUT2D eigenvalue weighted by Crippen LogP contribution is -2.35. The van der Waals surface area contributed by atoms with Crippen molar-refractivity contribution in [1.82, 2.24) is 4.90 Å². The SMILES string of the molecule is Cc1ccccc1OCCN(C)C(=O)C(C)CCCN. The summed E-state index contributed by atoms with van der Waals surface area (Å²) in [6, 6.07) is 7.89. The molecular weight excluding hydrogens is 252 g/mol. The van der Waals surface area contributed by atoms with Gasteiger partial charge in [-0.15, -0.1) is 0 Å². The molecule has 0 saturated carbocycles. The molecule has 1 rings (SSSR count). The summed E-state index contributed by atoms with van der Waals surface area (Å²) in [5.41, 5.74) is 6.58. The zero-order chi connectivity index (χ0) is 15.0. The van der Waals surface area contributed by atoms with Crippen LogP contribution in [0.15, 0.2) is 24.3 Å². The van der Waals surface area contributed by atoms with Crippen LogP contribution in [-0.4, -0.2) is 37.6 Å². The molecule has 0 saturated heterocycles. The second-order valence-electron chi connectivity index (χ2n) is 5.21. The number of hydrogen-bond acceptors (Lipinski definition) is 3. The first-order valence-electron chi connectivity index (χ1n) is 7.19. The minimum Gasteiger partial charge on any atom is -0.491 e. The van der Waals surface area contributed by atoms with Crippen molar-refractivity contribution >= 4 is 5.91 Å². The van der Waals surface area contributed by atoms with Gasteiger partial charge in [-0.2, -0.15) is 0 Å². The molecule has 1 atom stereocenters. The van der Waals surface area contributed by atoms with Crippen LogP contribution < -0.4 is 10.5 Å². The van der Waals surface area contributed by atoms with E-state index in [2.05, 4.69) is 0 Å². The Labute approximate surface area is 121 Å². The number of para-hydroxylation sites is 1. The number of ether oxygens (including phenoxy) is 1. The predicted molar refractivity (Wildman–Crippen MR) is 81.8 cm³/mol. The van der Waals surface area contributed by atoms with Crippen molar-refractivity contribution in [2.75, 3.05) is 26.7 Å². The molecule has 1 aromatic carbocycles. The van der Waals surface area contributed by atoms with E-state index in [1.807, 2.05) is 45.2 Å². The summed E-state index contributed by atoms with van der Waals surface area (Å²) in [6.45, 7) is 5.71. The average molecular weight is 278 g/mol. The van der Waals surface area contributed by atoms with Crippen LogP contribution in [0.2, 0.25) is 0 Å². The number of rotatable bonds is 8. The fourth-order valence-electron chi connectivity index (χ4n) is 2.04. The summed E-state index contributed by atoms with van der Waals surface area (Å²) in [7, 11) is 1.82. The highest BCUT2D eigenvalue weighted by Gasteiger charge is 2.16. The van der Waals surface area contributed by atoms with E-state index in [0.717, 1.165) is 24.2 Å². The van der Waals surface area contributed by atoms with E-state index in [0.29, 0.717) is 19.7 Å². The van der Waals surface area contributed by atoms with Crippen molar-refractivity contribution in [3.63, 3.8) is 0 Å². The molecular formula is C16H26N2O2. The largest absolute Gasteiger partial charge is 0.491 e. The Hall–Kier alpha value is -1.55. The number of carbonyl (C=O) groups excluding carboxylic acids is 1. The van der Waals surface area contributed by atoms with E-state index >= 15 is 0 Å². The molecule has 4 heteroatoms. The minimum atomic E-state index is 0.0296. The third kappa shape index (κ3) is 5.21. The minimum absolute atomic E-state index is 0.0296. The van der Waals surface area contributed by atoms with Gasteiger partial charge in [0.05, 0.1) is 6.54 Å². The van der Waals surface area contributed by atoms with E-state index in [4.69, 9.17) is 10.5 Å². The molecule has 1 aromatic rings. The second-order valence-corrected chi connectivity index (χ2v) is 5.21. The number of nitrogens with two attached hydrogens (primary N) is 1. The fourth-order valence-corrected chi connectivity index (χ4v) is 2.04. The standard InChI is InChI=1S/C16H26N2O2/c1-13-7-4-5-9-15(13)20-12-11-18(3)16(19)14(2)8-6-10-17/h4-5,7,9,14H,6,8,10-12,17H2,1-3H3. The molecule has 4 nitrogen and oxygen atoms in total. The first kappa shape index (κ1) is 16.5. The number of amides is 1. The summed E-state index contributed by atoms with van der Waals surface area (Å²) in [5, 5.41) is 0. The Balaban J connectivity index is 2.34. The van der Waals surface area contributed by atoms with Crippen molar-refractivity contribution in [3.05, 3.63) is 29.8 Å². The van der Waals surface area contributed by atoms with Gasteiger partial charge in [-0.1, -0.05) is 25.1 Å². The molecule has 0 radical (unpaired) electrons. The van der Waals surface area contributed by atoms with Crippen LogP contribution >= 0.6 is 0 Å². The van der Waals surface area contributed by atoms with Crippen LogP contribution in [0.4, 0.5) is 0 Å². The molecule has 112 valence electrons. The smallest absolute Gasteiger partial charge is 0.225 e. The molecule has 0 spiro atoms. The van der Waals surface area contributed by atoms with E-state index in [9.17, 15) is 4.79 Å². The van der Waals surface area contributed by atoms with Crippen molar-refractivity contribution in [2.24, 2.45) is 11.7 Å². The van der Waals surface area contributed by atoms with Gasteiger partial charge >= 0.3 is 0 Å². The molecule has 0 aliphatic rings. The topological polar surface area (TPSA) is 55.6 Å². The summed E-state index contributed by atoms with van der Waals surface area (Å²) in [5.74, 6) is 1.07. The Morgan fingerprint density at radius 1 is 1.40 bits per heavy atom. The van der Waals surface area contributed by atoms with E-state index < -0.39 is 0 Å². The van der Waals surface area contributed by atoms with Gasteiger partial charge < -0.3 is 15.4 Å². The highest BCUT2D eigenvalue weighted by molar-refractivity contribution is 5.78. The summed E-state index contributed by atoms with van der Waals surface area (Å²) in [6.07, 6.45) is 1.73. The van der Waals surface area contributed by atoms with Gasteiger partial charge in [0.15, 0.2) is 0 Å². The highest BCUT2D eigenvalue weighted by Crippen LogP contribution is 2.16. The number of benzene rings is 1. The zero-order valence-electron chi connectivity index (χ0n) is 12.8. The van der Waals surface area contributed by atoms with Gasteiger partial charge in [0.25, 0.3) is 0 Å². The Morgan fingerprint density at radius 2 is 2.10 bits per heavy atom. The Kier molecular flexibility index (Phi) is 7.09. The van der Waals surface area contributed by atoms with E-state index in [1.165, 1.54) is 0 Å². The lowest BCUT2D eigenvalue weighted by Gasteiger charge is -2.21. The predicted octanol–water partition coefficient (Wildman–Crippen LogP) is 2.21. The molecule has 0 bridgehead atoms. The van der Waals surface area contributed by atoms with Gasteiger partial charge in [0, 0.05) is 13.0 Å². The number of nitrogens with zero attached hydrogens (tertiary/aromatic N) is 1. The maximum absolute atomic E-state index is 12.1. The van der Waals surface area contributed by atoms with Gasteiger partial charge in [-0.25, -0.2) is 0 Å². The summed E-state index contributed by atoms with van der Waals surface area (Å²) >= 11 is 0. The average Bonchev–Trinajstić information content (AvgIpc) is 2.45. The van der Waals surface area contributed by atoms with Crippen LogP contribution in [-0.2, 0) is 4.79 Å². The van der Waals surface area contributed by atoms with Crippen LogP contribution in [0.1, 0.15) is 25.3 Å². The second kappa shape index (κ2) is 8.59. The van der Waals surface area contributed by atoms with Gasteiger partial charge in [0.1, 0.15) is 12.4 Å². The van der Waals surface area contributed by atoms with E-state index in [1.54, 1.807) is 4.90 Å². The van der Waals surface area contributed by atoms with Gasteiger partial charge in [-0.3, -0.25) is 4.79 Å². The quantitative estimate of drug-likeness (QED) is 0.793. The lowest BCUT2D eigenvalue weighted by atomic mass is 10.0.